The van der Waals surface area contributed by atoms with Gasteiger partial charge in [0.05, 0.1) is 17.9 Å². The first-order chi connectivity index (χ1) is 8.61. The summed E-state index contributed by atoms with van der Waals surface area (Å²) < 4.78 is 1.94. The topological polar surface area (TPSA) is 43.8 Å². The highest BCUT2D eigenvalue weighted by Gasteiger charge is 2.12. The van der Waals surface area contributed by atoms with Gasteiger partial charge in [0.15, 0.2) is 0 Å². The Labute approximate surface area is 109 Å². The van der Waals surface area contributed by atoms with Crippen molar-refractivity contribution < 1.29 is 0 Å². The summed E-state index contributed by atoms with van der Waals surface area (Å²) in [5.74, 6) is 0.420. The Morgan fingerprint density at radius 2 is 2.06 bits per heavy atom. The summed E-state index contributed by atoms with van der Waals surface area (Å²) in [6.07, 6.45) is 3.00. The third-order valence-corrected chi connectivity index (χ3v) is 3.49. The molecule has 1 aromatic heterocycles. The van der Waals surface area contributed by atoms with E-state index in [0.717, 1.165) is 24.3 Å². The van der Waals surface area contributed by atoms with Gasteiger partial charge < -0.3 is 5.73 Å². The minimum atomic E-state index is 0.420. The van der Waals surface area contributed by atoms with Crippen molar-refractivity contribution in [1.29, 1.82) is 0 Å². The van der Waals surface area contributed by atoms with Crippen molar-refractivity contribution in [1.82, 2.24) is 9.78 Å². The van der Waals surface area contributed by atoms with Gasteiger partial charge in [0.1, 0.15) is 0 Å². The van der Waals surface area contributed by atoms with Crippen LogP contribution in [-0.4, -0.2) is 9.78 Å². The van der Waals surface area contributed by atoms with E-state index in [2.05, 4.69) is 50.1 Å². The number of benzene rings is 1. The molecule has 3 nitrogen and oxygen atoms in total. The summed E-state index contributed by atoms with van der Waals surface area (Å²) in [6.45, 7) is 7.23. The van der Waals surface area contributed by atoms with Gasteiger partial charge in [-0.2, -0.15) is 5.10 Å². The number of anilines is 1. The average molecular weight is 243 g/mol. The number of nitrogen functional groups attached to an aromatic ring is 1. The van der Waals surface area contributed by atoms with Crippen LogP contribution in [0.5, 0.6) is 0 Å². The van der Waals surface area contributed by atoms with Gasteiger partial charge >= 0.3 is 0 Å². The lowest BCUT2D eigenvalue weighted by atomic mass is 10.0. The number of hydrogen-bond donors (Lipinski definition) is 1. The standard InChI is InChI=1S/C15H21N3/c1-4-11(2)15-14(16)10-18(17-15)9-13-8-6-5-7-12(13)3/h5-8,10-11H,4,9,16H2,1-3H3. The van der Waals surface area contributed by atoms with Crippen molar-refractivity contribution >= 4 is 5.69 Å². The summed E-state index contributed by atoms with van der Waals surface area (Å²) in [5, 5.41) is 4.61. The summed E-state index contributed by atoms with van der Waals surface area (Å²) in [4.78, 5) is 0. The molecular weight excluding hydrogens is 222 g/mol. The van der Waals surface area contributed by atoms with Crippen LogP contribution in [0.15, 0.2) is 30.5 Å². The van der Waals surface area contributed by atoms with Crippen molar-refractivity contribution in [2.24, 2.45) is 0 Å². The van der Waals surface area contributed by atoms with E-state index in [9.17, 15) is 0 Å². The second kappa shape index (κ2) is 5.25. The molecule has 96 valence electrons. The second-order valence-corrected chi connectivity index (χ2v) is 4.90. The molecule has 3 heteroatoms. The lowest BCUT2D eigenvalue weighted by Crippen LogP contribution is -2.03. The van der Waals surface area contributed by atoms with Crippen LogP contribution in [0.25, 0.3) is 0 Å². The highest BCUT2D eigenvalue weighted by molar-refractivity contribution is 5.42. The third kappa shape index (κ3) is 2.55. The second-order valence-electron chi connectivity index (χ2n) is 4.90. The summed E-state index contributed by atoms with van der Waals surface area (Å²) in [5.41, 5.74) is 10.4. The van der Waals surface area contributed by atoms with E-state index in [1.807, 2.05) is 10.9 Å². The van der Waals surface area contributed by atoms with Gasteiger partial charge in [-0.3, -0.25) is 4.68 Å². The van der Waals surface area contributed by atoms with E-state index < -0.39 is 0 Å². The lowest BCUT2D eigenvalue weighted by Gasteiger charge is -2.06. The van der Waals surface area contributed by atoms with Crippen molar-refractivity contribution in [2.75, 3.05) is 5.73 Å². The maximum Gasteiger partial charge on any atom is 0.0881 e. The van der Waals surface area contributed by atoms with Crippen molar-refractivity contribution in [3.8, 4) is 0 Å². The maximum absolute atomic E-state index is 6.03. The number of rotatable bonds is 4. The van der Waals surface area contributed by atoms with E-state index >= 15 is 0 Å². The number of nitrogens with two attached hydrogens (primary N) is 1. The molecule has 1 unspecified atom stereocenters. The number of hydrogen-bond acceptors (Lipinski definition) is 2. The molecule has 18 heavy (non-hydrogen) atoms. The van der Waals surface area contributed by atoms with Gasteiger partial charge in [-0.15, -0.1) is 0 Å². The summed E-state index contributed by atoms with van der Waals surface area (Å²) in [7, 11) is 0. The van der Waals surface area contributed by atoms with E-state index in [0.29, 0.717) is 5.92 Å². The van der Waals surface area contributed by atoms with Crippen molar-refractivity contribution in [2.45, 2.75) is 39.7 Å². The van der Waals surface area contributed by atoms with Crippen LogP contribution in [0.4, 0.5) is 5.69 Å². The first-order valence-corrected chi connectivity index (χ1v) is 6.49. The van der Waals surface area contributed by atoms with E-state index in [-0.39, 0.29) is 0 Å². The minimum Gasteiger partial charge on any atom is -0.396 e. The molecule has 0 saturated heterocycles. The molecule has 2 aromatic rings. The SMILES string of the molecule is CCC(C)c1nn(Cc2ccccc2C)cc1N. The Kier molecular flexibility index (Phi) is 3.70. The normalized spacial score (nSPS) is 12.6. The Morgan fingerprint density at radius 3 is 2.72 bits per heavy atom. The lowest BCUT2D eigenvalue weighted by molar-refractivity contribution is 0.632. The zero-order valence-electron chi connectivity index (χ0n) is 11.4. The van der Waals surface area contributed by atoms with Crippen LogP contribution < -0.4 is 5.73 Å². The zero-order valence-corrected chi connectivity index (χ0v) is 11.4. The van der Waals surface area contributed by atoms with Crippen molar-refractivity contribution in [3.05, 3.63) is 47.3 Å². The van der Waals surface area contributed by atoms with Crippen LogP contribution in [0.3, 0.4) is 0 Å². The quantitative estimate of drug-likeness (QED) is 0.895. The Morgan fingerprint density at radius 1 is 1.33 bits per heavy atom. The van der Waals surface area contributed by atoms with E-state index in [1.54, 1.807) is 0 Å². The van der Waals surface area contributed by atoms with Gasteiger partial charge in [0.2, 0.25) is 0 Å². The molecular formula is C15H21N3. The number of nitrogens with zero attached hydrogens (tertiary/aromatic N) is 2. The monoisotopic (exact) mass is 243 g/mol. The van der Waals surface area contributed by atoms with Crippen LogP contribution in [0.1, 0.15) is 43.0 Å². The van der Waals surface area contributed by atoms with Crippen LogP contribution in [-0.2, 0) is 6.54 Å². The summed E-state index contributed by atoms with van der Waals surface area (Å²) in [6, 6.07) is 8.37. The Hall–Kier alpha value is -1.77. The summed E-state index contributed by atoms with van der Waals surface area (Å²) >= 11 is 0. The third-order valence-electron chi connectivity index (χ3n) is 3.49. The average Bonchev–Trinajstić information content (AvgIpc) is 2.72. The molecule has 2 rings (SSSR count). The molecule has 2 N–H and O–H groups in total. The molecule has 0 saturated carbocycles. The first-order valence-electron chi connectivity index (χ1n) is 6.49. The molecule has 0 bridgehead atoms. The Bertz CT molecular complexity index is 528. The first kappa shape index (κ1) is 12.7. The van der Waals surface area contributed by atoms with Gasteiger partial charge in [-0.1, -0.05) is 38.1 Å². The number of aromatic nitrogens is 2. The molecule has 1 heterocycles. The Balaban J connectivity index is 2.23. The predicted octanol–water partition coefficient (Wildman–Crippen LogP) is 3.34. The molecule has 1 atom stereocenters. The van der Waals surface area contributed by atoms with Gasteiger partial charge in [-0.05, 0) is 24.5 Å². The van der Waals surface area contributed by atoms with Gasteiger partial charge in [0, 0.05) is 12.1 Å². The van der Waals surface area contributed by atoms with Gasteiger partial charge in [0.25, 0.3) is 0 Å². The predicted molar refractivity (Wildman–Crippen MR) is 75.6 cm³/mol. The van der Waals surface area contributed by atoms with E-state index in [1.165, 1.54) is 11.1 Å². The van der Waals surface area contributed by atoms with Crippen LogP contribution in [0, 0.1) is 6.92 Å². The molecule has 0 spiro atoms. The van der Waals surface area contributed by atoms with E-state index in [4.69, 9.17) is 5.73 Å². The van der Waals surface area contributed by atoms with Crippen LogP contribution in [0.2, 0.25) is 0 Å². The largest absolute Gasteiger partial charge is 0.396 e. The molecule has 0 amide bonds. The number of aryl methyl sites for hydroxylation is 1. The molecule has 0 aliphatic rings. The maximum atomic E-state index is 6.03. The molecule has 0 aliphatic heterocycles. The highest BCUT2D eigenvalue weighted by atomic mass is 15.3. The fourth-order valence-electron chi connectivity index (χ4n) is 2.07. The molecule has 1 aromatic carbocycles. The zero-order chi connectivity index (χ0) is 13.1. The van der Waals surface area contributed by atoms with Gasteiger partial charge in [-0.25, -0.2) is 0 Å². The molecule has 0 radical (unpaired) electrons. The smallest absolute Gasteiger partial charge is 0.0881 e. The van der Waals surface area contributed by atoms with Crippen LogP contribution >= 0.6 is 0 Å². The molecule has 0 aliphatic carbocycles. The molecule has 0 fully saturated rings. The minimum absolute atomic E-state index is 0.420. The fourth-order valence-corrected chi connectivity index (χ4v) is 2.07. The fraction of sp³-hybridized carbons (Fsp3) is 0.400. The highest BCUT2D eigenvalue weighted by Crippen LogP contribution is 2.23. The van der Waals surface area contributed by atoms with Crippen molar-refractivity contribution in [3.63, 3.8) is 0 Å².